The van der Waals surface area contributed by atoms with Gasteiger partial charge in [-0.15, -0.1) is 10.2 Å². The fourth-order valence-corrected chi connectivity index (χ4v) is 2.15. The number of nitrogens with one attached hydrogen (secondary N) is 1. The average Bonchev–Trinajstić information content (AvgIpc) is 3.09. The van der Waals surface area contributed by atoms with E-state index in [1.807, 2.05) is 30.3 Å². The van der Waals surface area contributed by atoms with Crippen LogP contribution in [-0.4, -0.2) is 35.6 Å². The van der Waals surface area contributed by atoms with Crippen molar-refractivity contribution in [1.29, 1.82) is 0 Å². The molecule has 0 saturated heterocycles. The fourth-order valence-electron chi connectivity index (χ4n) is 1.46. The van der Waals surface area contributed by atoms with Gasteiger partial charge in [0.25, 0.3) is 0 Å². The summed E-state index contributed by atoms with van der Waals surface area (Å²) < 4.78 is 1.72. The average molecular weight is 259 g/mol. The van der Waals surface area contributed by atoms with Crippen LogP contribution >= 0.6 is 11.8 Å². The summed E-state index contributed by atoms with van der Waals surface area (Å²) in [6.45, 7) is 0. The monoisotopic (exact) mass is 259 g/mol. The molecule has 7 nitrogen and oxygen atoms in total. The van der Waals surface area contributed by atoms with Gasteiger partial charge < -0.3 is 0 Å². The molecule has 0 fully saturated rings. The lowest BCUT2D eigenvalue weighted by molar-refractivity contribution is 0.777. The van der Waals surface area contributed by atoms with Crippen LogP contribution < -0.4 is 0 Å². The van der Waals surface area contributed by atoms with Crippen LogP contribution in [0.1, 0.15) is 5.82 Å². The second kappa shape index (κ2) is 4.96. The molecule has 0 spiro atoms. The van der Waals surface area contributed by atoms with Crippen molar-refractivity contribution in [3.8, 4) is 5.69 Å². The summed E-state index contributed by atoms with van der Waals surface area (Å²) in [5.41, 5.74) is 0.943. The number of thioether (sulfide) groups is 1. The van der Waals surface area contributed by atoms with E-state index in [1.54, 1.807) is 10.9 Å². The van der Waals surface area contributed by atoms with Crippen molar-refractivity contribution >= 4 is 11.8 Å². The van der Waals surface area contributed by atoms with Crippen molar-refractivity contribution in [3.63, 3.8) is 0 Å². The second-order valence-corrected chi connectivity index (χ2v) is 4.44. The highest BCUT2D eigenvalue weighted by atomic mass is 32.2. The molecule has 2 heterocycles. The van der Waals surface area contributed by atoms with Crippen molar-refractivity contribution < 1.29 is 0 Å². The Morgan fingerprint density at radius 1 is 1.22 bits per heavy atom. The number of benzene rings is 1. The first kappa shape index (κ1) is 10.9. The number of hydrogen-bond donors (Lipinski definition) is 1. The van der Waals surface area contributed by atoms with Gasteiger partial charge in [0.15, 0.2) is 5.82 Å². The SMILES string of the molecule is c1ccc(-n2nnnc2CSc2cn[nH]n2)cc1. The zero-order valence-electron chi connectivity index (χ0n) is 9.26. The van der Waals surface area contributed by atoms with E-state index < -0.39 is 0 Å². The molecule has 8 heteroatoms. The Hall–Kier alpha value is -2.22. The summed E-state index contributed by atoms with van der Waals surface area (Å²) in [5, 5.41) is 22.8. The zero-order valence-corrected chi connectivity index (χ0v) is 10.1. The lowest BCUT2D eigenvalue weighted by Crippen LogP contribution is -2.01. The van der Waals surface area contributed by atoms with Crippen LogP contribution in [0.3, 0.4) is 0 Å². The van der Waals surface area contributed by atoms with Crippen molar-refractivity contribution in [2.24, 2.45) is 0 Å². The van der Waals surface area contributed by atoms with Gasteiger partial charge in [-0.05, 0) is 22.6 Å². The molecule has 90 valence electrons. The summed E-state index contributed by atoms with van der Waals surface area (Å²) in [6, 6.07) is 9.77. The highest BCUT2D eigenvalue weighted by molar-refractivity contribution is 7.98. The fraction of sp³-hybridized carbons (Fsp3) is 0.100. The van der Waals surface area contributed by atoms with Crippen molar-refractivity contribution in [2.75, 3.05) is 0 Å². The Labute approximate surface area is 107 Å². The second-order valence-electron chi connectivity index (χ2n) is 3.44. The third-order valence-electron chi connectivity index (χ3n) is 2.28. The molecule has 0 aliphatic carbocycles. The number of H-pyrrole nitrogens is 1. The minimum atomic E-state index is 0.633. The first-order valence-electron chi connectivity index (χ1n) is 5.25. The largest absolute Gasteiger partial charge is 0.197 e. The standard InChI is InChI=1S/C10H9N7S/c1-2-4-8(5-3-1)17-9(12-15-16-17)7-18-10-6-11-14-13-10/h1-6H,7H2,(H,11,13,14). The first-order valence-corrected chi connectivity index (χ1v) is 6.23. The molecule has 0 saturated carbocycles. The van der Waals surface area contributed by atoms with E-state index in [0.29, 0.717) is 5.75 Å². The van der Waals surface area contributed by atoms with Crippen LogP contribution in [0.5, 0.6) is 0 Å². The summed E-state index contributed by atoms with van der Waals surface area (Å²) in [6.07, 6.45) is 1.67. The van der Waals surface area contributed by atoms with E-state index in [9.17, 15) is 0 Å². The Morgan fingerprint density at radius 3 is 2.89 bits per heavy atom. The van der Waals surface area contributed by atoms with E-state index in [4.69, 9.17) is 0 Å². The maximum absolute atomic E-state index is 4.01. The van der Waals surface area contributed by atoms with Crippen LogP contribution in [-0.2, 0) is 5.75 Å². The van der Waals surface area contributed by atoms with Crippen molar-refractivity contribution in [1.82, 2.24) is 35.6 Å². The van der Waals surface area contributed by atoms with Gasteiger partial charge in [-0.25, -0.2) is 0 Å². The molecule has 0 aliphatic heterocycles. The van der Waals surface area contributed by atoms with Gasteiger partial charge in [0.05, 0.1) is 17.6 Å². The summed E-state index contributed by atoms with van der Waals surface area (Å²) in [7, 11) is 0. The molecule has 0 unspecified atom stereocenters. The topological polar surface area (TPSA) is 85.2 Å². The Morgan fingerprint density at radius 2 is 2.11 bits per heavy atom. The molecule has 1 aromatic carbocycles. The Balaban J connectivity index is 1.80. The first-order chi connectivity index (χ1) is 8.93. The maximum Gasteiger partial charge on any atom is 0.166 e. The molecule has 0 aliphatic rings. The van der Waals surface area contributed by atoms with E-state index in [0.717, 1.165) is 16.5 Å². The van der Waals surface area contributed by atoms with Crippen molar-refractivity contribution in [2.45, 2.75) is 10.8 Å². The van der Waals surface area contributed by atoms with Gasteiger partial charge in [-0.3, -0.25) is 0 Å². The summed E-state index contributed by atoms with van der Waals surface area (Å²) in [4.78, 5) is 0. The van der Waals surface area contributed by atoms with Gasteiger partial charge in [-0.1, -0.05) is 30.0 Å². The Bertz CT molecular complexity index is 604. The molecule has 3 rings (SSSR count). The lowest BCUT2D eigenvalue weighted by atomic mass is 10.3. The minimum Gasteiger partial charge on any atom is -0.197 e. The third kappa shape index (κ3) is 2.23. The van der Waals surface area contributed by atoms with E-state index >= 15 is 0 Å². The minimum absolute atomic E-state index is 0.633. The molecule has 0 radical (unpaired) electrons. The highest BCUT2D eigenvalue weighted by Gasteiger charge is 2.09. The van der Waals surface area contributed by atoms with Gasteiger partial charge in [0.2, 0.25) is 0 Å². The summed E-state index contributed by atoms with van der Waals surface area (Å²) >= 11 is 1.53. The molecule has 0 bridgehead atoms. The highest BCUT2D eigenvalue weighted by Crippen LogP contribution is 2.19. The number of nitrogens with zero attached hydrogens (tertiary/aromatic N) is 6. The molecule has 0 atom stereocenters. The smallest absolute Gasteiger partial charge is 0.166 e. The van der Waals surface area contributed by atoms with Crippen LogP contribution in [0.2, 0.25) is 0 Å². The quantitative estimate of drug-likeness (QED) is 0.705. The summed E-state index contributed by atoms with van der Waals surface area (Å²) in [5.74, 6) is 1.41. The van der Waals surface area contributed by atoms with E-state index in [2.05, 4.69) is 30.9 Å². The molecule has 18 heavy (non-hydrogen) atoms. The number of hydrogen-bond acceptors (Lipinski definition) is 6. The van der Waals surface area contributed by atoms with Gasteiger partial charge in [0, 0.05) is 0 Å². The van der Waals surface area contributed by atoms with Crippen LogP contribution in [0.25, 0.3) is 5.69 Å². The maximum atomic E-state index is 4.01. The number of aromatic amines is 1. The molecule has 2 aromatic heterocycles. The van der Waals surface area contributed by atoms with Crippen LogP contribution in [0, 0.1) is 0 Å². The predicted molar refractivity (Wildman–Crippen MR) is 65.1 cm³/mol. The number of aromatic nitrogens is 7. The molecule has 1 N–H and O–H groups in total. The van der Waals surface area contributed by atoms with Gasteiger partial charge in [-0.2, -0.15) is 15.0 Å². The number of rotatable bonds is 4. The van der Waals surface area contributed by atoms with Crippen LogP contribution in [0.15, 0.2) is 41.6 Å². The molecular formula is C10H9N7S. The van der Waals surface area contributed by atoms with E-state index in [-0.39, 0.29) is 0 Å². The lowest BCUT2D eigenvalue weighted by Gasteiger charge is -2.02. The molecular weight excluding hydrogens is 250 g/mol. The number of tetrazole rings is 1. The van der Waals surface area contributed by atoms with Crippen molar-refractivity contribution in [3.05, 3.63) is 42.4 Å². The zero-order chi connectivity index (χ0) is 12.2. The number of para-hydroxylation sites is 1. The van der Waals surface area contributed by atoms with E-state index in [1.165, 1.54) is 11.8 Å². The molecule has 0 amide bonds. The Kier molecular flexibility index (Phi) is 3.01. The third-order valence-corrected chi connectivity index (χ3v) is 3.17. The van der Waals surface area contributed by atoms with Gasteiger partial charge in [0.1, 0.15) is 5.03 Å². The predicted octanol–water partition coefficient (Wildman–Crippen LogP) is 1.07. The van der Waals surface area contributed by atoms with Crippen LogP contribution in [0.4, 0.5) is 0 Å². The molecule has 3 aromatic rings. The van der Waals surface area contributed by atoms with Gasteiger partial charge >= 0.3 is 0 Å². The normalized spacial score (nSPS) is 10.7.